The van der Waals surface area contributed by atoms with Crippen LogP contribution in [0.2, 0.25) is 0 Å². The van der Waals surface area contributed by atoms with Crippen LogP contribution in [0.4, 0.5) is 4.39 Å². The molecule has 74 valence electrons. The predicted octanol–water partition coefficient (Wildman–Crippen LogP) is 2.16. The molecule has 0 aliphatic carbocycles. The summed E-state index contributed by atoms with van der Waals surface area (Å²) in [6.45, 7) is 0. The van der Waals surface area contributed by atoms with Gasteiger partial charge < -0.3 is 9.84 Å². The van der Waals surface area contributed by atoms with Gasteiger partial charge in [-0.3, -0.25) is 0 Å². The van der Waals surface area contributed by atoms with Gasteiger partial charge in [-0.15, -0.1) is 0 Å². The molecule has 3 heteroatoms. The first-order chi connectivity index (χ1) is 6.75. The number of ether oxygens (including phenoxy) is 1. The maximum atomic E-state index is 12.6. The zero-order valence-corrected chi connectivity index (χ0v) is 7.56. The summed E-state index contributed by atoms with van der Waals surface area (Å²) in [5.74, 6) is -0.263. The molecule has 0 unspecified atom stereocenters. The first-order valence-corrected chi connectivity index (χ1v) is 4.51. The van der Waals surface area contributed by atoms with Gasteiger partial charge in [0.15, 0.2) is 0 Å². The van der Waals surface area contributed by atoms with Crippen LogP contribution in [-0.4, -0.2) is 11.2 Å². The predicted molar refractivity (Wildman–Crippen MR) is 50.0 cm³/mol. The van der Waals surface area contributed by atoms with Crippen molar-refractivity contribution in [3.63, 3.8) is 0 Å². The van der Waals surface area contributed by atoms with E-state index in [1.54, 1.807) is 18.2 Å². The van der Waals surface area contributed by atoms with Crippen LogP contribution >= 0.6 is 0 Å². The molecule has 1 aromatic carbocycles. The van der Waals surface area contributed by atoms with Gasteiger partial charge >= 0.3 is 0 Å². The zero-order valence-electron chi connectivity index (χ0n) is 7.56. The van der Waals surface area contributed by atoms with Crippen molar-refractivity contribution >= 4 is 0 Å². The molecule has 2 nitrogen and oxygen atoms in total. The van der Waals surface area contributed by atoms with Crippen LogP contribution in [-0.2, 0) is 4.74 Å². The first kappa shape index (κ1) is 9.21. The Bertz CT molecular complexity index is 332. The Hall–Kier alpha value is -1.35. The van der Waals surface area contributed by atoms with Crippen LogP contribution in [0.3, 0.4) is 0 Å². The third-order valence-corrected chi connectivity index (χ3v) is 2.24. The SMILES string of the molecule is O[C@H]1C=CO[C@@H](c2ccc(F)cc2)C1. The van der Waals surface area contributed by atoms with Crippen molar-refractivity contribution in [1.82, 2.24) is 0 Å². The molecule has 0 spiro atoms. The van der Waals surface area contributed by atoms with E-state index in [9.17, 15) is 9.50 Å². The van der Waals surface area contributed by atoms with Gasteiger partial charge in [0.25, 0.3) is 0 Å². The lowest BCUT2D eigenvalue weighted by atomic mass is 10.0. The summed E-state index contributed by atoms with van der Waals surface area (Å²) in [5.41, 5.74) is 0.884. The molecule has 2 atom stereocenters. The monoisotopic (exact) mass is 194 g/mol. The average molecular weight is 194 g/mol. The van der Waals surface area contributed by atoms with Gasteiger partial charge in [0.2, 0.25) is 0 Å². The lowest BCUT2D eigenvalue weighted by Gasteiger charge is -2.22. The fourth-order valence-electron chi connectivity index (χ4n) is 1.48. The highest BCUT2D eigenvalue weighted by molar-refractivity contribution is 5.20. The lowest BCUT2D eigenvalue weighted by molar-refractivity contribution is 0.0641. The standard InChI is InChI=1S/C11H11FO2/c12-9-3-1-8(2-4-9)11-7-10(13)5-6-14-11/h1-6,10-11,13H,7H2/t10-,11+/m0/s1. The fraction of sp³-hybridized carbons (Fsp3) is 0.273. The second-order valence-electron chi connectivity index (χ2n) is 3.31. The van der Waals surface area contributed by atoms with E-state index < -0.39 is 6.10 Å². The molecule has 0 saturated carbocycles. The topological polar surface area (TPSA) is 29.5 Å². The summed E-state index contributed by atoms with van der Waals surface area (Å²) in [6.07, 6.45) is 2.96. The Morgan fingerprint density at radius 1 is 1.29 bits per heavy atom. The van der Waals surface area contributed by atoms with E-state index in [1.807, 2.05) is 0 Å². The molecule has 0 bridgehead atoms. The minimum absolute atomic E-state index is 0.171. The van der Waals surface area contributed by atoms with E-state index in [2.05, 4.69) is 0 Å². The van der Waals surface area contributed by atoms with Crippen molar-refractivity contribution in [1.29, 1.82) is 0 Å². The van der Waals surface area contributed by atoms with E-state index >= 15 is 0 Å². The first-order valence-electron chi connectivity index (χ1n) is 4.51. The minimum Gasteiger partial charge on any atom is -0.493 e. The molecular formula is C11H11FO2. The Morgan fingerprint density at radius 2 is 2.00 bits per heavy atom. The Kier molecular flexibility index (Phi) is 2.50. The molecular weight excluding hydrogens is 183 g/mol. The van der Waals surface area contributed by atoms with Crippen molar-refractivity contribution in [3.05, 3.63) is 48.0 Å². The summed E-state index contributed by atoms with van der Waals surface area (Å²) >= 11 is 0. The quantitative estimate of drug-likeness (QED) is 0.742. The second kappa shape index (κ2) is 3.80. The second-order valence-corrected chi connectivity index (χ2v) is 3.31. The largest absolute Gasteiger partial charge is 0.493 e. The summed E-state index contributed by atoms with van der Waals surface area (Å²) in [5, 5.41) is 9.35. The molecule has 1 aliphatic heterocycles. The summed E-state index contributed by atoms with van der Waals surface area (Å²) < 4.78 is 17.9. The van der Waals surface area contributed by atoms with Crippen LogP contribution in [0.1, 0.15) is 18.1 Å². The Labute approximate surface area is 81.6 Å². The number of aliphatic hydroxyl groups is 1. The number of hydrogen-bond donors (Lipinski definition) is 1. The van der Waals surface area contributed by atoms with Gasteiger partial charge in [-0.05, 0) is 23.8 Å². The lowest BCUT2D eigenvalue weighted by Crippen LogP contribution is -2.15. The molecule has 0 fully saturated rings. The molecule has 1 aromatic rings. The third-order valence-electron chi connectivity index (χ3n) is 2.24. The maximum Gasteiger partial charge on any atom is 0.126 e. The van der Waals surface area contributed by atoms with E-state index in [0.717, 1.165) is 5.56 Å². The molecule has 0 saturated heterocycles. The molecule has 0 radical (unpaired) electrons. The average Bonchev–Trinajstić information content (AvgIpc) is 2.19. The number of aliphatic hydroxyl groups excluding tert-OH is 1. The van der Waals surface area contributed by atoms with Crippen LogP contribution in [0, 0.1) is 5.82 Å². The number of hydrogen-bond acceptors (Lipinski definition) is 2. The number of halogens is 1. The molecule has 1 aliphatic rings. The summed E-state index contributed by atoms with van der Waals surface area (Å²) in [6, 6.07) is 6.13. The maximum absolute atomic E-state index is 12.6. The highest BCUT2D eigenvalue weighted by Crippen LogP contribution is 2.26. The van der Waals surface area contributed by atoms with Gasteiger partial charge in [0, 0.05) is 6.42 Å². The van der Waals surface area contributed by atoms with Crippen LogP contribution < -0.4 is 0 Å². The van der Waals surface area contributed by atoms with Gasteiger partial charge in [0.05, 0.1) is 12.4 Å². The van der Waals surface area contributed by atoms with Crippen molar-refractivity contribution < 1.29 is 14.2 Å². The van der Waals surface area contributed by atoms with Gasteiger partial charge in [-0.2, -0.15) is 0 Å². The van der Waals surface area contributed by atoms with E-state index in [1.165, 1.54) is 18.4 Å². The number of benzene rings is 1. The normalized spacial score (nSPS) is 25.9. The molecule has 14 heavy (non-hydrogen) atoms. The van der Waals surface area contributed by atoms with Crippen molar-refractivity contribution in [2.24, 2.45) is 0 Å². The van der Waals surface area contributed by atoms with Crippen molar-refractivity contribution in [2.45, 2.75) is 18.6 Å². The van der Waals surface area contributed by atoms with Crippen LogP contribution in [0.5, 0.6) is 0 Å². The number of rotatable bonds is 1. The minimum atomic E-state index is -0.473. The molecule has 0 amide bonds. The van der Waals surface area contributed by atoms with Gasteiger partial charge in [0.1, 0.15) is 11.9 Å². The van der Waals surface area contributed by atoms with Gasteiger partial charge in [-0.1, -0.05) is 12.1 Å². The van der Waals surface area contributed by atoms with Crippen LogP contribution in [0.25, 0.3) is 0 Å². The van der Waals surface area contributed by atoms with E-state index in [-0.39, 0.29) is 11.9 Å². The highest BCUT2D eigenvalue weighted by atomic mass is 19.1. The van der Waals surface area contributed by atoms with Gasteiger partial charge in [-0.25, -0.2) is 4.39 Å². The zero-order chi connectivity index (χ0) is 9.97. The summed E-state index contributed by atoms with van der Waals surface area (Å²) in [4.78, 5) is 0. The van der Waals surface area contributed by atoms with Crippen molar-refractivity contribution in [2.75, 3.05) is 0 Å². The smallest absolute Gasteiger partial charge is 0.126 e. The summed E-state index contributed by atoms with van der Waals surface area (Å²) in [7, 11) is 0. The molecule has 2 rings (SSSR count). The molecule has 0 aromatic heterocycles. The van der Waals surface area contributed by atoms with E-state index in [4.69, 9.17) is 4.74 Å². The molecule has 1 N–H and O–H groups in total. The van der Waals surface area contributed by atoms with Crippen molar-refractivity contribution in [3.8, 4) is 0 Å². The Balaban J connectivity index is 2.15. The van der Waals surface area contributed by atoms with E-state index in [0.29, 0.717) is 6.42 Å². The highest BCUT2D eigenvalue weighted by Gasteiger charge is 2.18. The third kappa shape index (κ3) is 1.93. The Morgan fingerprint density at radius 3 is 2.64 bits per heavy atom. The van der Waals surface area contributed by atoms with Crippen LogP contribution in [0.15, 0.2) is 36.6 Å². The fourth-order valence-corrected chi connectivity index (χ4v) is 1.48. The molecule has 1 heterocycles.